The van der Waals surface area contributed by atoms with Crippen LogP contribution in [0, 0.1) is 0 Å². The monoisotopic (exact) mass is 464 g/mol. The molecule has 2 aliphatic heterocycles. The van der Waals surface area contributed by atoms with Gasteiger partial charge < -0.3 is 19.7 Å². The van der Waals surface area contributed by atoms with Crippen molar-refractivity contribution in [2.45, 2.75) is 62.6 Å². The van der Waals surface area contributed by atoms with Crippen LogP contribution in [-0.2, 0) is 24.1 Å². The molecule has 2 bridgehead atoms. The van der Waals surface area contributed by atoms with Gasteiger partial charge in [-0.25, -0.2) is 18.0 Å². The summed E-state index contributed by atoms with van der Waals surface area (Å²) in [4.78, 5) is 27.7. The van der Waals surface area contributed by atoms with E-state index in [-0.39, 0.29) is 29.1 Å². The van der Waals surface area contributed by atoms with Crippen molar-refractivity contribution in [3.8, 4) is 0 Å². The minimum atomic E-state index is -3.31. The molecule has 32 heavy (non-hydrogen) atoms. The van der Waals surface area contributed by atoms with Gasteiger partial charge in [0.15, 0.2) is 9.84 Å². The number of benzene rings is 1. The first-order valence-corrected chi connectivity index (χ1v) is 12.8. The molecule has 0 radical (unpaired) electrons. The maximum absolute atomic E-state index is 12.9. The van der Waals surface area contributed by atoms with Crippen molar-refractivity contribution < 1.29 is 27.5 Å². The fourth-order valence-corrected chi connectivity index (χ4v) is 5.07. The van der Waals surface area contributed by atoms with Crippen LogP contribution < -0.4 is 5.32 Å². The molecule has 1 fully saturated rings. The number of methoxy groups -OCH3 is 1. The molecule has 3 rings (SSSR count). The Morgan fingerprint density at radius 3 is 2.47 bits per heavy atom. The standard InChI is InChI=1S/C23H32N2O6S/c1-15(2)31-13-5-12-24-23(27)25-17-8-11-20(25)21(22(26)30-3)19(14-17)16-6-9-18(10-7-16)32(4,28)29/h6-7,9-10,15,17,20H,5,8,11-14H2,1-4H3,(H,24,27)/t17-,20+/m0/s1. The smallest absolute Gasteiger partial charge is 0.336 e. The number of carbonyl (C=O) groups is 2. The molecule has 0 saturated carbocycles. The minimum Gasteiger partial charge on any atom is -0.466 e. The van der Waals surface area contributed by atoms with Crippen molar-refractivity contribution in [3.63, 3.8) is 0 Å². The van der Waals surface area contributed by atoms with Gasteiger partial charge in [0.2, 0.25) is 0 Å². The lowest BCUT2D eigenvalue weighted by Gasteiger charge is -2.37. The van der Waals surface area contributed by atoms with E-state index < -0.39 is 15.8 Å². The van der Waals surface area contributed by atoms with Gasteiger partial charge in [-0.1, -0.05) is 12.1 Å². The van der Waals surface area contributed by atoms with E-state index in [0.29, 0.717) is 38.0 Å². The molecule has 9 heteroatoms. The number of nitrogens with one attached hydrogen (secondary N) is 1. The van der Waals surface area contributed by atoms with Gasteiger partial charge in [-0.3, -0.25) is 0 Å². The molecule has 1 aromatic carbocycles. The number of carbonyl (C=O) groups excluding carboxylic acids is 2. The van der Waals surface area contributed by atoms with Gasteiger partial charge in [0, 0.05) is 25.4 Å². The van der Waals surface area contributed by atoms with Gasteiger partial charge >= 0.3 is 12.0 Å². The molecule has 2 aliphatic rings. The topological polar surface area (TPSA) is 102 Å². The minimum absolute atomic E-state index is 0.0232. The largest absolute Gasteiger partial charge is 0.466 e. The van der Waals surface area contributed by atoms with Crippen molar-refractivity contribution in [2.75, 3.05) is 26.5 Å². The van der Waals surface area contributed by atoms with Crippen LogP contribution in [0.25, 0.3) is 5.57 Å². The van der Waals surface area contributed by atoms with E-state index in [4.69, 9.17) is 9.47 Å². The number of urea groups is 1. The first kappa shape index (κ1) is 24.3. The maximum Gasteiger partial charge on any atom is 0.336 e. The molecule has 0 spiro atoms. The number of hydrogen-bond donors (Lipinski definition) is 1. The van der Waals surface area contributed by atoms with Crippen LogP contribution >= 0.6 is 0 Å². The van der Waals surface area contributed by atoms with E-state index in [1.54, 1.807) is 29.2 Å². The molecule has 2 atom stereocenters. The van der Waals surface area contributed by atoms with E-state index in [0.717, 1.165) is 23.8 Å². The van der Waals surface area contributed by atoms with Crippen LogP contribution in [0.2, 0.25) is 0 Å². The highest BCUT2D eigenvalue weighted by Gasteiger charge is 2.46. The van der Waals surface area contributed by atoms with Gasteiger partial charge in [-0.05, 0) is 62.8 Å². The third kappa shape index (κ3) is 5.32. The zero-order valence-electron chi connectivity index (χ0n) is 19.1. The van der Waals surface area contributed by atoms with Crippen LogP contribution in [0.4, 0.5) is 4.79 Å². The summed E-state index contributed by atoms with van der Waals surface area (Å²) in [7, 11) is -1.98. The molecule has 0 unspecified atom stereocenters. The summed E-state index contributed by atoms with van der Waals surface area (Å²) in [5.41, 5.74) is 2.08. The summed E-state index contributed by atoms with van der Waals surface area (Å²) >= 11 is 0. The molecule has 1 saturated heterocycles. The van der Waals surface area contributed by atoms with E-state index in [1.165, 1.54) is 7.11 Å². The van der Waals surface area contributed by atoms with Crippen molar-refractivity contribution in [1.29, 1.82) is 0 Å². The van der Waals surface area contributed by atoms with Gasteiger partial charge in [-0.2, -0.15) is 0 Å². The van der Waals surface area contributed by atoms with E-state index in [9.17, 15) is 18.0 Å². The van der Waals surface area contributed by atoms with E-state index >= 15 is 0 Å². The number of amides is 2. The number of hydrogen-bond acceptors (Lipinski definition) is 6. The summed E-state index contributed by atoms with van der Waals surface area (Å²) in [6.45, 7) is 5.01. The highest BCUT2D eigenvalue weighted by atomic mass is 32.2. The molecule has 8 nitrogen and oxygen atoms in total. The number of rotatable bonds is 8. The van der Waals surface area contributed by atoms with Crippen molar-refractivity contribution in [2.24, 2.45) is 0 Å². The lowest BCUT2D eigenvalue weighted by atomic mass is 9.88. The average Bonchev–Trinajstić information content (AvgIpc) is 3.05. The second-order valence-corrected chi connectivity index (χ2v) is 10.6. The van der Waals surface area contributed by atoms with Crippen molar-refractivity contribution >= 4 is 27.4 Å². The second-order valence-electron chi connectivity index (χ2n) is 8.54. The molecule has 1 N–H and O–H groups in total. The summed E-state index contributed by atoms with van der Waals surface area (Å²) in [5.74, 6) is -0.458. The van der Waals surface area contributed by atoms with Crippen LogP contribution in [0.5, 0.6) is 0 Å². The Labute approximate surface area is 189 Å². The third-order valence-corrected chi connectivity index (χ3v) is 7.05. The zero-order valence-corrected chi connectivity index (χ0v) is 19.9. The number of nitrogens with zero attached hydrogens (tertiary/aromatic N) is 1. The van der Waals surface area contributed by atoms with Gasteiger partial charge in [0.25, 0.3) is 0 Å². The Balaban J connectivity index is 1.82. The molecule has 176 valence electrons. The Hall–Kier alpha value is -2.39. The Bertz CT molecular complexity index is 984. The first-order chi connectivity index (χ1) is 15.1. The van der Waals surface area contributed by atoms with Crippen LogP contribution in [0.3, 0.4) is 0 Å². The lowest BCUT2D eigenvalue weighted by molar-refractivity contribution is -0.136. The fraction of sp³-hybridized carbons (Fsp3) is 0.565. The predicted molar refractivity (Wildman–Crippen MR) is 121 cm³/mol. The number of esters is 1. The van der Waals surface area contributed by atoms with E-state index in [1.807, 2.05) is 13.8 Å². The summed E-state index contributed by atoms with van der Waals surface area (Å²) < 4.78 is 34.1. The Morgan fingerprint density at radius 2 is 1.88 bits per heavy atom. The van der Waals surface area contributed by atoms with Crippen molar-refractivity contribution in [3.05, 3.63) is 35.4 Å². The predicted octanol–water partition coefficient (Wildman–Crippen LogP) is 2.78. The molecule has 2 heterocycles. The normalized spacial score (nSPS) is 20.6. The highest BCUT2D eigenvalue weighted by Crippen LogP contribution is 2.43. The first-order valence-electron chi connectivity index (χ1n) is 10.9. The average molecular weight is 465 g/mol. The van der Waals surface area contributed by atoms with Crippen LogP contribution in [0.15, 0.2) is 34.7 Å². The van der Waals surface area contributed by atoms with Gasteiger partial charge in [-0.15, -0.1) is 0 Å². The fourth-order valence-electron chi connectivity index (χ4n) is 4.44. The molecular weight excluding hydrogens is 432 g/mol. The summed E-state index contributed by atoms with van der Waals surface area (Å²) in [6.07, 6.45) is 4.02. The number of fused-ring (bicyclic) bond motifs is 2. The van der Waals surface area contributed by atoms with E-state index in [2.05, 4.69) is 5.32 Å². The second kappa shape index (κ2) is 10.0. The van der Waals surface area contributed by atoms with Crippen LogP contribution in [0.1, 0.15) is 45.1 Å². The summed E-state index contributed by atoms with van der Waals surface area (Å²) in [6, 6.07) is 5.97. The summed E-state index contributed by atoms with van der Waals surface area (Å²) in [5, 5.41) is 2.95. The third-order valence-electron chi connectivity index (χ3n) is 5.92. The number of ether oxygens (including phenoxy) is 2. The SMILES string of the molecule is COC(=O)C1=C(c2ccc(S(C)(=O)=O)cc2)C[C@@H]2CC[C@H]1N2C(=O)NCCCOC(C)C. The molecule has 0 aromatic heterocycles. The lowest BCUT2D eigenvalue weighted by Crippen LogP contribution is -2.51. The van der Waals surface area contributed by atoms with Crippen LogP contribution in [-0.4, -0.2) is 70.0 Å². The van der Waals surface area contributed by atoms with Gasteiger partial charge in [0.05, 0.1) is 29.7 Å². The Kier molecular flexibility index (Phi) is 7.61. The zero-order chi connectivity index (χ0) is 23.5. The highest BCUT2D eigenvalue weighted by molar-refractivity contribution is 7.90. The number of sulfone groups is 1. The van der Waals surface area contributed by atoms with Crippen molar-refractivity contribution in [1.82, 2.24) is 10.2 Å². The molecule has 1 aromatic rings. The molecule has 2 amide bonds. The maximum atomic E-state index is 12.9. The van der Waals surface area contributed by atoms with Gasteiger partial charge in [0.1, 0.15) is 0 Å². The molecule has 0 aliphatic carbocycles. The molecular formula is C23H32N2O6S. The Morgan fingerprint density at radius 1 is 1.19 bits per heavy atom. The quantitative estimate of drug-likeness (QED) is 0.469.